The Balaban J connectivity index is 2.60. The van der Waals surface area contributed by atoms with Crippen LogP contribution in [0.5, 0.6) is 0 Å². The summed E-state index contributed by atoms with van der Waals surface area (Å²) in [5.41, 5.74) is 7.01. The summed E-state index contributed by atoms with van der Waals surface area (Å²) in [7, 11) is 0. The molecule has 0 aliphatic carbocycles. The van der Waals surface area contributed by atoms with Gasteiger partial charge in [-0.1, -0.05) is 51.1 Å². The van der Waals surface area contributed by atoms with Gasteiger partial charge < -0.3 is 11.1 Å². The first-order valence-electron chi connectivity index (χ1n) is 7.18. The molecule has 1 rings (SSSR count). The zero-order valence-electron chi connectivity index (χ0n) is 12.3. The lowest BCUT2D eigenvalue weighted by Gasteiger charge is -2.32. The molecule has 0 spiro atoms. The van der Waals surface area contributed by atoms with E-state index in [0.29, 0.717) is 6.42 Å². The Hall–Kier alpha value is -1.35. The van der Waals surface area contributed by atoms with Crippen LogP contribution >= 0.6 is 0 Å². The van der Waals surface area contributed by atoms with Crippen LogP contribution < -0.4 is 11.1 Å². The Labute approximate surface area is 116 Å². The number of hydrogen-bond donors (Lipinski definition) is 2. The minimum atomic E-state index is -0.232. The van der Waals surface area contributed by atoms with Crippen LogP contribution in [-0.2, 0) is 4.79 Å². The van der Waals surface area contributed by atoms with Gasteiger partial charge in [0.1, 0.15) is 0 Å². The van der Waals surface area contributed by atoms with Crippen LogP contribution in [-0.4, -0.2) is 11.4 Å². The Bertz CT molecular complexity index is 377. The van der Waals surface area contributed by atoms with E-state index in [1.54, 1.807) is 0 Å². The number of nitrogens with one attached hydrogen (secondary N) is 1. The van der Waals surface area contributed by atoms with Gasteiger partial charge in [-0.05, 0) is 24.8 Å². The molecule has 1 atom stereocenters. The van der Waals surface area contributed by atoms with Gasteiger partial charge in [0.25, 0.3) is 0 Å². The predicted octanol–water partition coefficient (Wildman–Crippen LogP) is 3.16. The zero-order chi connectivity index (χ0) is 14.3. The van der Waals surface area contributed by atoms with Gasteiger partial charge in [0.15, 0.2) is 0 Å². The minimum absolute atomic E-state index is 0.0434. The molecule has 106 valence electrons. The number of nitrogens with two attached hydrogens (primary N) is 1. The largest absolute Gasteiger partial charge is 0.351 e. The molecule has 0 saturated heterocycles. The fourth-order valence-electron chi connectivity index (χ4n) is 2.38. The Morgan fingerprint density at radius 2 is 1.68 bits per heavy atom. The summed E-state index contributed by atoms with van der Waals surface area (Å²) in [4.78, 5) is 12.1. The molecular weight excluding hydrogens is 236 g/mol. The van der Waals surface area contributed by atoms with Crippen LogP contribution in [0.15, 0.2) is 30.3 Å². The number of benzene rings is 1. The highest BCUT2D eigenvalue weighted by atomic mass is 16.1. The van der Waals surface area contributed by atoms with E-state index in [0.717, 1.165) is 24.8 Å². The number of carbonyl (C=O) groups excluding carboxylic acids is 1. The minimum Gasteiger partial charge on any atom is -0.351 e. The van der Waals surface area contributed by atoms with E-state index >= 15 is 0 Å². The molecule has 1 aromatic carbocycles. The highest BCUT2D eigenvalue weighted by Gasteiger charge is 2.26. The highest BCUT2D eigenvalue weighted by molar-refractivity contribution is 5.77. The van der Waals surface area contributed by atoms with Crippen LogP contribution in [0.3, 0.4) is 0 Å². The lowest BCUT2D eigenvalue weighted by molar-refractivity contribution is -0.123. The van der Waals surface area contributed by atoms with E-state index in [1.165, 1.54) is 0 Å². The molecule has 0 radical (unpaired) electrons. The molecule has 0 aromatic heterocycles. The SMILES string of the molecule is CCC(CC)(CC)NC(=O)CC(N)c1ccccc1. The van der Waals surface area contributed by atoms with Crippen molar-refractivity contribution in [2.75, 3.05) is 0 Å². The summed E-state index contributed by atoms with van der Waals surface area (Å²) in [6.45, 7) is 6.35. The third-order valence-electron chi connectivity index (χ3n) is 4.07. The second-order valence-corrected chi connectivity index (χ2v) is 5.11. The third-order valence-corrected chi connectivity index (χ3v) is 4.07. The van der Waals surface area contributed by atoms with E-state index in [9.17, 15) is 4.79 Å². The topological polar surface area (TPSA) is 55.1 Å². The van der Waals surface area contributed by atoms with Crippen LogP contribution in [0.2, 0.25) is 0 Å². The van der Waals surface area contributed by atoms with E-state index in [4.69, 9.17) is 5.73 Å². The lowest BCUT2D eigenvalue weighted by atomic mass is 9.89. The first-order chi connectivity index (χ1) is 9.06. The van der Waals surface area contributed by atoms with Gasteiger partial charge in [-0.3, -0.25) is 4.79 Å². The van der Waals surface area contributed by atoms with Gasteiger partial charge in [-0.2, -0.15) is 0 Å². The van der Waals surface area contributed by atoms with Crippen LogP contribution in [0.25, 0.3) is 0 Å². The molecule has 3 N–H and O–H groups in total. The second-order valence-electron chi connectivity index (χ2n) is 5.11. The summed E-state index contributed by atoms with van der Waals surface area (Å²) < 4.78 is 0. The van der Waals surface area contributed by atoms with E-state index in [1.807, 2.05) is 30.3 Å². The molecule has 0 bridgehead atoms. The van der Waals surface area contributed by atoms with Gasteiger partial charge in [0, 0.05) is 18.0 Å². The number of hydrogen-bond acceptors (Lipinski definition) is 2. The first kappa shape index (κ1) is 15.7. The van der Waals surface area contributed by atoms with Crippen LogP contribution in [0, 0.1) is 0 Å². The Kier molecular flexibility index (Phi) is 6.03. The van der Waals surface area contributed by atoms with Gasteiger partial charge in [0.05, 0.1) is 0 Å². The molecule has 0 aliphatic rings. The average molecular weight is 262 g/mol. The van der Waals surface area contributed by atoms with Crippen molar-refractivity contribution < 1.29 is 4.79 Å². The van der Waals surface area contributed by atoms with Gasteiger partial charge >= 0.3 is 0 Å². The quantitative estimate of drug-likeness (QED) is 0.793. The van der Waals surface area contributed by atoms with E-state index in [-0.39, 0.29) is 17.5 Å². The Morgan fingerprint density at radius 3 is 2.16 bits per heavy atom. The maximum Gasteiger partial charge on any atom is 0.222 e. The van der Waals surface area contributed by atoms with Crippen molar-refractivity contribution in [3.63, 3.8) is 0 Å². The zero-order valence-corrected chi connectivity index (χ0v) is 12.3. The van der Waals surface area contributed by atoms with Crippen molar-refractivity contribution >= 4 is 5.91 Å². The molecule has 0 aliphatic heterocycles. The van der Waals surface area contributed by atoms with Crippen molar-refractivity contribution in [1.29, 1.82) is 0 Å². The summed E-state index contributed by atoms with van der Waals surface area (Å²) >= 11 is 0. The summed E-state index contributed by atoms with van der Waals surface area (Å²) in [6.07, 6.45) is 3.19. The van der Waals surface area contributed by atoms with Crippen molar-refractivity contribution in [1.82, 2.24) is 5.32 Å². The molecule has 3 nitrogen and oxygen atoms in total. The average Bonchev–Trinajstić information content (AvgIpc) is 2.46. The van der Waals surface area contributed by atoms with Crippen LogP contribution in [0.1, 0.15) is 58.1 Å². The number of rotatable bonds is 7. The first-order valence-corrected chi connectivity index (χ1v) is 7.18. The third kappa shape index (κ3) is 4.35. The van der Waals surface area contributed by atoms with Gasteiger partial charge in [-0.15, -0.1) is 0 Å². The summed E-state index contributed by atoms with van der Waals surface area (Å²) in [6, 6.07) is 9.54. The van der Waals surface area contributed by atoms with Crippen LogP contribution in [0.4, 0.5) is 0 Å². The van der Waals surface area contributed by atoms with E-state index in [2.05, 4.69) is 26.1 Å². The normalized spacial score (nSPS) is 13.1. The van der Waals surface area contributed by atoms with Gasteiger partial charge in [0.2, 0.25) is 5.91 Å². The van der Waals surface area contributed by atoms with Crippen molar-refractivity contribution in [3.05, 3.63) is 35.9 Å². The maximum atomic E-state index is 12.1. The monoisotopic (exact) mass is 262 g/mol. The Morgan fingerprint density at radius 1 is 1.16 bits per heavy atom. The fraction of sp³-hybridized carbons (Fsp3) is 0.562. The maximum absolute atomic E-state index is 12.1. The molecule has 0 heterocycles. The molecule has 1 amide bonds. The van der Waals surface area contributed by atoms with Crippen molar-refractivity contribution in [2.45, 2.75) is 58.0 Å². The molecular formula is C16H26N2O. The number of amides is 1. The smallest absolute Gasteiger partial charge is 0.222 e. The summed E-state index contributed by atoms with van der Waals surface area (Å²) in [5, 5.41) is 3.16. The second kappa shape index (κ2) is 7.29. The standard InChI is InChI=1S/C16H26N2O/c1-4-16(5-2,6-3)18-15(19)12-14(17)13-10-8-7-9-11-13/h7-11,14H,4-6,12,17H2,1-3H3,(H,18,19). The number of carbonyl (C=O) groups is 1. The lowest BCUT2D eigenvalue weighted by Crippen LogP contribution is -2.47. The predicted molar refractivity (Wildman–Crippen MR) is 79.7 cm³/mol. The molecule has 0 saturated carbocycles. The fourth-order valence-corrected chi connectivity index (χ4v) is 2.38. The van der Waals surface area contributed by atoms with Crippen molar-refractivity contribution in [2.24, 2.45) is 5.73 Å². The summed E-state index contributed by atoms with van der Waals surface area (Å²) in [5.74, 6) is 0.0434. The molecule has 0 fully saturated rings. The highest BCUT2D eigenvalue weighted by Crippen LogP contribution is 2.20. The van der Waals surface area contributed by atoms with Crippen molar-refractivity contribution in [3.8, 4) is 0 Å². The molecule has 19 heavy (non-hydrogen) atoms. The van der Waals surface area contributed by atoms with E-state index < -0.39 is 0 Å². The molecule has 1 aromatic rings. The van der Waals surface area contributed by atoms with Gasteiger partial charge in [-0.25, -0.2) is 0 Å². The molecule has 1 unspecified atom stereocenters. The molecule has 3 heteroatoms.